The van der Waals surface area contributed by atoms with Gasteiger partial charge in [0.05, 0.1) is 25.2 Å². The number of carbonyl (C=O) groups is 2. The van der Waals surface area contributed by atoms with Crippen molar-refractivity contribution in [2.75, 3.05) is 5.75 Å². The number of nitrogens with zero attached hydrogens (tertiary/aromatic N) is 3. The summed E-state index contributed by atoms with van der Waals surface area (Å²) < 4.78 is 15.1. The zero-order chi connectivity index (χ0) is 31.1. The molecule has 3 N–H and O–H groups in total. The summed E-state index contributed by atoms with van der Waals surface area (Å²) in [4.78, 5) is 22.8. The molecule has 0 aliphatic carbocycles. The van der Waals surface area contributed by atoms with E-state index in [2.05, 4.69) is 28.5 Å². The lowest BCUT2D eigenvalue weighted by Crippen LogP contribution is -2.38. The lowest BCUT2D eigenvalue weighted by molar-refractivity contribution is -0.268. The Bertz CT molecular complexity index is 1580. The van der Waals surface area contributed by atoms with Crippen LogP contribution in [0.3, 0.4) is 0 Å². The first-order valence-electron chi connectivity index (χ1n) is 14.5. The van der Waals surface area contributed by atoms with Crippen LogP contribution in [0.5, 0.6) is 0 Å². The lowest BCUT2D eigenvalue weighted by atomic mass is 9.91. The Hall–Kier alpha value is -4.03. The largest absolute Gasteiger partial charge is 0.481 e. The van der Waals surface area contributed by atoms with Gasteiger partial charge in [-0.15, -0.1) is 10.2 Å². The number of aromatic nitrogens is 3. The van der Waals surface area contributed by atoms with Crippen LogP contribution in [0.1, 0.15) is 54.4 Å². The van der Waals surface area contributed by atoms with Crippen molar-refractivity contribution in [1.29, 1.82) is 0 Å². The predicted molar refractivity (Wildman–Crippen MR) is 165 cm³/mol. The minimum atomic E-state index is -0.996. The van der Waals surface area contributed by atoms with Crippen LogP contribution in [0, 0.1) is 5.92 Å². The molecular weight excluding hydrogens is 580 g/mol. The fraction of sp³-hybridized carbons (Fsp3) is 0.333. The molecule has 1 saturated heterocycles. The van der Waals surface area contributed by atoms with E-state index in [-0.39, 0.29) is 43.5 Å². The number of nitrogens with one attached hydrogen (secondary N) is 1. The second-order valence-corrected chi connectivity index (χ2v) is 11.8. The molecule has 4 aromatic rings. The molecule has 1 amide bonds. The van der Waals surface area contributed by atoms with Gasteiger partial charge in [-0.3, -0.25) is 9.59 Å². The van der Waals surface area contributed by atoms with Crippen molar-refractivity contribution < 1.29 is 29.3 Å². The number of benzene rings is 3. The minimum Gasteiger partial charge on any atom is -0.481 e. The number of carboxylic acid groups (broad SMARTS) is 1. The Kier molecular flexibility index (Phi) is 10.4. The van der Waals surface area contributed by atoms with Crippen molar-refractivity contribution in [3.63, 3.8) is 0 Å². The minimum absolute atomic E-state index is 0.0187. The highest BCUT2D eigenvalue weighted by molar-refractivity contribution is 7.99. The van der Waals surface area contributed by atoms with Gasteiger partial charge >= 0.3 is 5.97 Å². The van der Waals surface area contributed by atoms with E-state index in [0.29, 0.717) is 12.3 Å². The number of carboxylic acids is 1. The molecule has 0 unspecified atom stereocenters. The number of aliphatic carboxylic acids is 1. The molecule has 10 nitrogen and oxygen atoms in total. The van der Waals surface area contributed by atoms with E-state index in [9.17, 15) is 14.7 Å². The molecule has 2 heterocycles. The number of hydrogen-bond donors (Lipinski definition) is 3. The van der Waals surface area contributed by atoms with Crippen LogP contribution in [0.25, 0.3) is 11.1 Å². The second kappa shape index (κ2) is 14.6. The first-order valence-corrected chi connectivity index (χ1v) is 15.4. The molecule has 230 valence electrons. The normalized spacial score (nSPS) is 19.9. The topological polar surface area (TPSA) is 136 Å². The highest BCUT2D eigenvalue weighted by Gasteiger charge is 2.38. The first-order chi connectivity index (χ1) is 21.3. The number of hydrogen-bond acceptors (Lipinski definition) is 8. The summed E-state index contributed by atoms with van der Waals surface area (Å²) in [6.45, 7) is 2.42. The number of thioether (sulfide) groups is 1. The van der Waals surface area contributed by atoms with E-state index in [1.807, 2.05) is 78.3 Å². The number of aliphatic hydroxyl groups is 1. The molecule has 0 radical (unpaired) electrons. The zero-order valence-corrected chi connectivity index (χ0v) is 25.4. The molecule has 5 rings (SSSR count). The van der Waals surface area contributed by atoms with Gasteiger partial charge in [0.2, 0.25) is 5.91 Å². The van der Waals surface area contributed by atoms with Crippen LogP contribution in [-0.2, 0) is 39.3 Å². The van der Waals surface area contributed by atoms with E-state index in [1.165, 1.54) is 0 Å². The highest BCUT2D eigenvalue weighted by Crippen LogP contribution is 2.43. The van der Waals surface area contributed by atoms with E-state index in [4.69, 9.17) is 14.6 Å². The van der Waals surface area contributed by atoms with Crippen molar-refractivity contribution in [3.8, 4) is 11.1 Å². The van der Waals surface area contributed by atoms with Gasteiger partial charge in [-0.25, -0.2) is 0 Å². The maximum absolute atomic E-state index is 12.0. The SMILES string of the molecule is C[C@@H]1[C@H](CSc2nncn2C)O[C@H](c2cccc(-c3cccc(CNC(=O)CCC(=O)O)c3)c2)O[C@@H]1c1ccc(CO)cc1. The maximum Gasteiger partial charge on any atom is 0.303 e. The molecule has 3 aromatic carbocycles. The Balaban J connectivity index is 1.36. The quantitative estimate of drug-likeness (QED) is 0.187. The van der Waals surface area contributed by atoms with E-state index >= 15 is 0 Å². The summed E-state index contributed by atoms with van der Waals surface area (Å²) in [5.41, 5.74) is 5.59. The summed E-state index contributed by atoms with van der Waals surface area (Å²) in [6.07, 6.45) is 0.436. The van der Waals surface area contributed by atoms with Crippen molar-refractivity contribution >= 4 is 23.6 Å². The number of amides is 1. The molecule has 1 aliphatic rings. The van der Waals surface area contributed by atoms with Crippen LogP contribution in [-0.4, -0.2) is 48.7 Å². The third kappa shape index (κ3) is 7.92. The van der Waals surface area contributed by atoms with Gasteiger partial charge < -0.3 is 29.6 Å². The number of rotatable bonds is 12. The second-order valence-electron chi connectivity index (χ2n) is 10.9. The van der Waals surface area contributed by atoms with E-state index in [1.54, 1.807) is 18.1 Å². The van der Waals surface area contributed by atoms with Gasteiger partial charge in [-0.1, -0.05) is 79.3 Å². The summed E-state index contributed by atoms with van der Waals surface area (Å²) in [7, 11) is 1.92. The first kappa shape index (κ1) is 31.4. The van der Waals surface area contributed by atoms with E-state index in [0.717, 1.165) is 38.5 Å². The van der Waals surface area contributed by atoms with Crippen molar-refractivity contribution in [2.24, 2.45) is 13.0 Å². The van der Waals surface area contributed by atoms with Gasteiger partial charge in [0, 0.05) is 37.2 Å². The van der Waals surface area contributed by atoms with E-state index < -0.39 is 12.3 Å². The fourth-order valence-electron chi connectivity index (χ4n) is 5.11. The smallest absolute Gasteiger partial charge is 0.303 e. The maximum atomic E-state index is 12.0. The van der Waals surface area contributed by atoms with Crippen LogP contribution in [0.2, 0.25) is 0 Å². The molecule has 44 heavy (non-hydrogen) atoms. The van der Waals surface area contributed by atoms with Crippen molar-refractivity contribution in [2.45, 2.75) is 56.6 Å². The Morgan fingerprint density at radius 2 is 1.70 bits per heavy atom. The number of aryl methyl sites for hydroxylation is 1. The van der Waals surface area contributed by atoms with Gasteiger partial charge in [-0.05, 0) is 39.9 Å². The molecule has 1 aliphatic heterocycles. The number of ether oxygens (including phenoxy) is 2. The van der Waals surface area contributed by atoms with Crippen LogP contribution < -0.4 is 5.32 Å². The molecule has 1 aromatic heterocycles. The summed E-state index contributed by atoms with van der Waals surface area (Å²) in [5.74, 6) is -0.590. The van der Waals surface area contributed by atoms with Gasteiger partial charge in [0.1, 0.15) is 6.33 Å². The molecular formula is C33H36N4O6S. The Morgan fingerprint density at radius 1 is 0.955 bits per heavy atom. The van der Waals surface area contributed by atoms with Gasteiger partial charge in [0.15, 0.2) is 11.4 Å². The van der Waals surface area contributed by atoms with Crippen molar-refractivity contribution in [3.05, 3.63) is 101 Å². The third-order valence-electron chi connectivity index (χ3n) is 7.64. The third-order valence-corrected chi connectivity index (χ3v) is 8.77. The average Bonchev–Trinajstić information content (AvgIpc) is 3.46. The lowest BCUT2D eigenvalue weighted by Gasteiger charge is -2.41. The van der Waals surface area contributed by atoms with Crippen LogP contribution in [0.4, 0.5) is 0 Å². The molecule has 0 bridgehead atoms. The molecule has 11 heteroatoms. The summed E-state index contributed by atoms with van der Waals surface area (Å²) >= 11 is 1.59. The monoisotopic (exact) mass is 616 g/mol. The van der Waals surface area contributed by atoms with Gasteiger partial charge in [0.25, 0.3) is 0 Å². The van der Waals surface area contributed by atoms with Crippen LogP contribution >= 0.6 is 11.8 Å². The average molecular weight is 617 g/mol. The Morgan fingerprint density at radius 3 is 2.41 bits per heavy atom. The predicted octanol–water partition coefficient (Wildman–Crippen LogP) is 5.04. The molecule has 0 spiro atoms. The summed E-state index contributed by atoms with van der Waals surface area (Å²) in [6, 6.07) is 23.8. The van der Waals surface area contributed by atoms with Crippen LogP contribution in [0.15, 0.2) is 84.3 Å². The fourth-order valence-corrected chi connectivity index (χ4v) is 6.16. The number of carbonyl (C=O) groups excluding carboxylic acids is 1. The molecule has 0 saturated carbocycles. The zero-order valence-electron chi connectivity index (χ0n) is 24.6. The highest BCUT2D eigenvalue weighted by atomic mass is 32.2. The molecule has 4 atom stereocenters. The van der Waals surface area contributed by atoms with Crippen molar-refractivity contribution in [1.82, 2.24) is 20.1 Å². The standard InChI is InChI=1S/C33H36N4O6S/c1-21-28(19-44-33-36-35-20-37(33)2)42-32(43-31(21)24-11-9-22(18-38)10-12-24)27-8-4-7-26(16-27)25-6-3-5-23(15-25)17-34-29(39)13-14-30(40)41/h3-12,15-16,20-21,28,31-32,38H,13-14,17-19H2,1-2H3,(H,34,39)(H,40,41)/t21-,28+,31+,32+/m1/s1. The molecule has 1 fully saturated rings. The van der Waals surface area contributed by atoms with Gasteiger partial charge in [-0.2, -0.15) is 0 Å². The Labute approximate surface area is 260 Å². The number of aliphatic hydroxyl groups excluding tert-OH is 1. The summed E-state index contributed by atoms with van der Waals surface area (Å²) in [5, 5.41) is 30.1.